The van der Waals surface area contributed by atoms with Gasteiger partial charge in [0.05, 0.1) is 13.7 Å². The van der Waals surface area contributed by atoms with Crippen molar-refractivity contribution in [1.82, 2.24) is 0 Å². The minimum atomic E-state index is -0.706. The summed E-state index contributed by atoms with van der Waals surface area (Å²) in [7, 11) is 1.65. The zero-order valence-electron chi connectivity index (χ0n) is 13.2. The van der Waals surface area contributed by atoms with Crippen LogP contribution in [0, 0.1) is 0 Å². The standard InChI is InChI=1S/C16H19N5O2/c1-3-16-13(17)20-15(21-14(16)18-10-19-16)23-9-8-11-4-6-12(22-2)7-5-11/h4-7,10H,3,8-9H2,1-2H3,(H2,17,18,19,20,21). The maximum absolute atomic E-state index is 6.05. The molecule has 3 rings (SSSR count). The Labute approximate surface area is 134 Å². The van der Waals surface area contributed by atoms with Crippen molar-refractivity contribution in [2.24, 2.45) is 25.7 Å². The maximum Gasteiger partial charge on any atom is 0.320 e. The highest BCUT2D eigenvalue weighted by atomic mass is 16.5. The number of ether oxygens (including phenoxy) is 2. The fraction of sp³-hybridized carbons (Fsp3) is 0.375. The van der Waals surface area contributed by atoms with Crippen LogP contribution in [0.3, 0.4) is 0 Å². The summed E-state index contributed by atoms with van der Waals surface area (Å²) in [5.74, 6) is 1.76. The molecule has 2 aliphatic rings. The lowest BCUT2D eigenvalue weighted by molar-refractivity contribution is 0.304. The van der Waals surface area contributed by atoms with Crippen LogP contribution in [0.5, 0.6) is 5.75 Å². The van der Waals surface area contributed by atoms with Gasteiger partial charge >= 0.3 is 6.02 Å². The fourth-order valence-corrected chi connectivity index (χ4v) is 2.51. The van der Waals surface area contributed by atoms with E-state index >= 15 is 0 Å². The first kappa shape index (κ1) is 15.2. The summed E-state index contributed by atoms with van der Waals surface area (Å²) in [4.78, 5) is 17.0. The van der Waals surface area contributed by atoms with E-state index in [1.807, 2.05) is 31.2 Å². The molecule has 0 radical (unpaired) electrons. The van der Waals surface area contributed by atoms with Crippen LogP contribution in [0.25, 0.3) is 0 Å². The Morgan fingerprint density at radius 2 is 1.96 bits per heavy atom. The smallest absolute Gasteiger partial charge is 0.320 e. The lowest BCUT2D eigenvalue weighted by Crippen LogP contribution is -2.49. The van der Waals surface area contributed by atoms with Gasteiger partial charge in [-0.1, -0.05) is 19.1 Å². The number of methoxy groups -OCH3 is 1. The Hall–Kier alpha value is -2.70. The van der Waals surface area contributed by atoms with Crippen LogP contribution < -0.4 is 10.5 Å². The molecular weight excluding hydrogens is 294 g/mol. The number of nitrogens with two attached hydrogens (primary N) is 1. The Balaban J connectivity index is 1.61. The van der Waals surface area contributed by atoms with Crippen molar-refractivity contribution in [1.29, 1.82) is 0 Å². The quantitative estimate of drug-likeness (QED) is 0.894. The minimum absolute atomic E-state index is 0.240. The molecule has 0 aromatic heterocycles. The molecule has 0 spiro atoms. The number of hydrogen-bond acceptors (Lipinski definition) is 7. The van der Waals surface area contributed by atoms with E-state index in [2.05, 4.69) is 20.0 Å². The van der Waals surface area contributed by atoms with Gasteiger partial charge < -0.3 is 15.2 Å². The van der Waals surface area contributed by atoms with Crippen molar-refractivity contribution < 1.29 is 9.47 Å². The molecule has 7 heteroatoms. The summed E-state index contributed by atoms with van der Waals surface area (Å²) in [6, 6.07) is 8.08. The molecule has 1 aromatic carbocycles. The molecule has 0 aliphatic carbocycles. The molecule has 0 amide bonds. The third-order valence-electron chi connectivity index (χ3n) is 3.96. The van der Waals surface area contributed by atoms with Crippen LogP contribution in [0.15, 0.2) is 44.2 Å². The molecule has 0 fully saturated rings. The molecule has 2 aliphatic heterocycles. The van der Waals surface area contributed by atoms with Gasteiger partial charge in [-0.15, -0.1) is 0 Å². The van der Waals surface area contributed by atoms with Crippen LogP contribution in [0.4, 0.5) is 0 Å². The van der Waals surface area contributed by atoms with Crippen molar-refractivity contribution in [2.75, 3.05) is 13.7 Å². The second kappa shape index (κ2) is 6.20. The summed E-state index contributed by atoms with van der Waals surface area (Å²) in [6.45, 7) is 2.43. The summed E-state index contributed by atoms with van der Waals surface area (Å²) in [5.41, 5.74) is 6.49. The lowest BCUT2D eigenvalue weighted by atomic mass is 9.94. The Kier molecular flexibility index (Phi) is 4.10. The van der Waals surface area contributed by atoms with Crippen LogP contribution >= 0.6 is 0 Å². The van der Waals surface area contributed by atoms with E-state index in [0.29, 0.717) is 24.7 Å². The first-order valence-electron chi connectivity index (χ1n) is 7.49. The molecule has 0 saturated carbocycles. The van der Waals surface area contributed by atoms with Crippen LogP contribution in [0.1, 0.15) is 18.9 Å². The molecule has 1 aromatic rings. The van der Waals surface area contributed by atoms with Gasteiger partial charge in [-0.25, -0.2) is 4.99 Å². The van der Waals surface area contributed by atoms with Gasteiger partial charge in [-0.3, -0.25) is 4.99 Å². The second-order valence-electron chi connectivity index (χ2n) is 5.25. The van der Waals surface area contributed by atoms with E-state index in [1.54, 1.807) is 7.11 Å². The zero-order valence-corrected chi connectivity index (χ0v) is 13.2. The van der Waals surface area contributed by atoms with Gasteiger partial charge in [0.15, 0.2) is 11.4 Å². The molecular formula is C16H19N5O2. The summed E-state index contributed by atoms with van der Waals surface area (Å²) < 4.78 is 10.8. The van der Waals surface area contributed by atoms with E-state index in [-0.39, 0.29) is 6.02 Å². The van der Waals surface area contributed by atoms with Crippen molar-refractivity contribution in [3.63, 3.8) is 0 Å². The number of aliphatic imine (C=N–C) groups is 4. The third-order valence-corrected chi connectivity index (χ3v) is 3.96. The summed E-state index contributed by atoms with van der Waals surface area (Å²) in [5, 5.41) is 0. The van der Waals surface area contributed by atoms with Gasteiger partial charge in [0.2, 0.25) is 0 Å². The highest BCUT2D eigenvalue weighted by Crippen LogP contribution is 2.26. The van der Waals surface area contributed by atoms with E-state index in [4.69, 9.17) is 15.2 Å². The van der Waals surface area contributed by atoms with Gasteiger partial charge in [0, 0.05) is 6.42 Å². The van der Waals surface area contributed by atoms with Crippen molar-refractivity contribution in [3.8, 4) is 5.75 Å². The predicted molar refractivity (Wildman–Crippen MR) is 90.7 cm³/mol. The van der Waals surface area contributed by atoms with Crippen LogP contribution in [-0.2, 0) is 11.2 Å². The number of fused-ring (bicyclic) bond motifs is 1. The SMILES string of the molecule is CCC12N=CN=C1N=C(OCCc1ccc(OC)cc1)N=C2N. The molecule has 1 unspecified atom stereocenters. The first-order valence-corrected chi connectivity index (χ1v) is 7.49. The largest absolute Gasteiger partial charge is 0.497 e. The molecule has 7 nitrogen and oxygen atoms in total. The third kappa shape index (κ3) is 2.81. The molecule has 2 heterocycles. The van der Waals surface area contributed by atoms with Gasteiger partial charge in [0.25, 0.3) is 0 Å². The topological polar surface area (TPSA) is 93.9 Å². The predicted octanol–water partition coefficient (Wildman–Crippen LogP) is 1.57. The molecule has 0 bridgehead atoms. The van der Waals surface area contributed by atoms with E-state index in [1.165, 1.54) is 6.34 Å². The average molecular weight is 313 g/mol. The van der Waals surface area contributed by atoms with Gasteiger partial charge in [-0.2, -0.15) is 9.98 Å². The second-order valence-corrected chi connectivity index (χ2v) is 5.25. The molecule has 1 atom stereocenters. The molecule has 23 heavy (non-hydrogen) atoms. The highest BCUT2D eigenvalue weighted by molar-refractivity contribution is 6.25. The van der Waals surface area contributed by atoms with E-state index in [9.17, 15) is 0 Å². The normalized spacial score (nSPS) is 22.1. The zero-order chi connectivity index (χ0) is 16.3. The molecule has 0 saturated heterocycles. The van der Waals surface area contributed by atoms with E-state index in [0.717, 1.165) is 17.7 Å². The number of hydrogen-bond donors (Lipinski definition) is 1. The lowest BCUT2D eigenvalue weighted by Gasteiger charge is -2.26. The Bertz CT molecular complexity index is 706. The summed E-state index contributed by atoms with van der Waals surface area (Å²) in [6.07, 6.45) is 2.88. The van der Waals surface area contributed by atoms with Crippen molar-refractivity contribution >= 4 is 24.0 Å². The number of benzene rings is 1. The highest BCUT2D eigenvalue weighted by Gasteiger charge is 2.43. The minimum Gasteiger partial charge on any atom is -0.497 e. The first-order chi connectivity index (χ1) is 11.2. The number of amidine groups is 3. The number of nitrogens with zero attached hydrogens (tertiary/aromatic N) is 4. The van der Waals surface area contributed by atoms with Crippen LogP contribution in [-0.4, -0.2) is 43.3 Å². The maximum atomic E-state index is 6.05. The Morgan fingerprint density at radius 3 is 2.65 bits per heavy atom. The average Bonchev–Trinajstić information content (AvgIpc) is 3.00. The van der Waals surface area contributed by atoms with Gasteiger partial charge in [-0.05, 0) is 24.1 Å². The van der Waals surface area contributed by atoms with Crippen molar-refractivity contribution in [2.45, 2.75) is 25.3 Å². The van der Waals surface area contributed by atoms with Crippen molar-refractivity contribution in [3.05, 3.63) is 29.8 Å². The van der Waals surface area contributed by atoms with E-state index < -0.39 is 5.54 Å². The molecule has 120 valence electrons. The molecule has 2 N–H and O–H groups in total. The Morgan fingerprint density at radius 1 is 1.17 bits per heavy atom. The number of rotatable bonds is 5. The summed E-state index contributed by atoms with van der Waals surface area (Å²) >= 11 is 0. The monoisotopic (exact) mass is 313 g/mol. The van der Waals surface area contributed by atoms with Crippen LogP contribution in [0.2, 0.25) is 0 Å². The van der Waals surface area contributed by atoms with Gasteiger partial charge in [0.1, 0.15) is 17.9 Å². The fourth-order valence-electron chi connectivity index (χ4n) is 2.51.